The lowest BCUT2D eigenvalue weighted by atomic mass is 9.83. The highest BCUT2D eigenvalue weighted by Crippen LogP contribution is 2.23. The zero-order chi connectivity index (χ0) is 13.8. The van der Waals surface area contributed by atoms with E-state index in [9.17, 15) is 9.59 Å². The number of ether oxygens (including phenoxy) is 1. The van der Waals surface area contributed by atoms with Crippen molar-refractivity contribution in [2.75, 3.05) is 7.11 Å². The molecule has 0 aliphatic heterocycles. The van der Waals surface area contributed by atoms with Crippen LogP contribution in [0.3, 0.4) is 0 Å². The third-order valence-electron chi connectivity index (χ3n) is 2.97. The molecule has 0 heterocycles. The first-order valence-corrected chi connectivity index (χ1v) is 5.84. The minimum absolute atomic E-state index is 0.202. The molecule has 0 bridgehead atoms. The van der Waals surface area contributed by atoms with Gasteiger partial charge in [-0.15, -0.1) is 0 Å². The summed E-state index contributed by atoms with van der Waals surface area (Å²) in [6.07, 6.45) is 0. The lowest BCUT2D eigenvalue weighted by Crippen LogP contribution is -2.47. The van der Waals surface area contributed by atoms with Crippen LogP contribution in [0.15, 0.2) is 30.3 Å². The van der Waals surface area contributed by atoms with Crippen LogP contribution in [0, 0.1) is 0 Å². The predicted octanol–water partition coefficient (Wildman–Crippen LogP) is 1.64. The van der Waals surface area contributed by atoms with Crippen LogP contribution in [0.2, 0.25) is 0 Å². The molecule has 1 N–H and O–H groups in total. The van der Waals surface area contributed by atoms with E-state index in [1.54, 1.807) is 6.92 Å². The lowest BCUT2D eigenvalue weighted by Gasteiger charge is -2.25. The van der Waals surface area contributed by atoms with Crippen molar-refractivity contribution in [2.45, 2.75) is 32.2 Å². The number of benzene rings is 1. The summed E-state index contributed by atoms with van der Waals surface area (Å²) >= 11 is 0. The van der Waals surface area contributed by atoms with Gasteiger partial charge in [-0.25, -0.2) is 4.79 Å². The summed E-state index contributed by atoms with van der Waals surface area (Å²) in [7, 11) is 1.30. The van der Waals surface area contributed by atoms with Crippen molar-refractivity contribution in [3.8, 4) is 0 Å². The van der Waals surface area contributed by atoms with Crippen molar-refractivity contribution >= 4 is 11.9 Å². The first-order chi connectivity index (χ1) is 8.39. The third kappa shape index (κ3) is 3.09. The van der Waals surface area contributed by atoms with Gasteiger partial charge in [-0.3, -0.25) is 4.79 Å². The fraction of sp³-hybridized carbons (Fsp3) is 0.429. The van der Waals surface area contributed by atoms with E-state index in [1.807, 2.05) is 44.2 Å². The summed E-state index contributed by atoms with van der Waals surface area (Å²) in [4.78, 5) is 23.5. The Labute approximate surface area is 107 Å². The zero-order valence-electron chi connectivity index (χ0n) is 11.2. The van der Waals surface area contributed by atoms with Gasteiger partial charge in [0.1, 0.15) is 6.04 Å². The number of hydrogen-bond donors (Lipinski definition) is 1. The maximum Gasteiger partial charge on any atom is 0.328 e. The van der Waals surface area contributed by atoms with Gasteiger partial charge in [-0.2, -0.15) is 0 Å². The monoisotopic (exact) mass is 249 g/mol. The molecule has 0 saturated heterocycles. The molecule has 1 aromatic rings. The molecular formula is C14H19NO3. The topological polar surface area (TPSA) is 55.4 Å². The lowest BCUT2D eigenvalue weighted by molar-refractivity contribution is -0.145. The Morgan fingerprint density at radius 2 is 1.78 bits per heavy atom. The fourth-order valence-corrected chi connectivity index (χ4v) is 1.60. The SMILES string of the molecule is COC(=O)C(C)NC(=O)C(C)(C)c1ccccc1. The Kier molecular flexibility index (Phi) is 4.48. The molecule has 1 unspecified atom stereocenters. The van der Waals surface area contributed by atoms with Crippen molar-refractivity contribution in [3.05, 3.63) is 35.9 Å². The molecule has 1 amide bonds. The van der Waals surface area contributed by atoms with Crippen molar-refractivity contribution in [1.82, 2.24) is 5.32 Å². The van der Waals surface area contributed by atoms with Gasteiger partial charge in [0, 0.05) is 0 Å². The minimum atomic E-state index is -0.691. The second-order valence-electron chi connectivity index (χ2n) is 4.71. The first-order valence-electron chi connectivity index (χ1n) is 5.84. The number of esters is 1. The van der Waals surface area contributed by atoms with Gasteiger partial charge >= 0.3 is 5.97 Å². The van der Waals surface area contributed by atoms with Gasteiger partial charge in [0.15, 0.2) is 0 Å². The second-order valence-corrected chi connectivity index (χ2v) is 4.71. The number of methoxy groups -OCH3 is 1. The van der Waals surface area contributed by atoms with E-state index in [0.717, 1.165) is 5.56 Å². The van der Waals surface area contributed by atoms with Crippen LogP contribution in [0.25, 0.3) is 0 Å². The number of carbonyl (C=O) groups excluding carboxylic acids is 2. The molecule has 0 aliphatic rings. The average molecular weight is 249 g/mol. The van der Waals surface area contributed by atoms with Crippen LogP contribution in [0.5, 0.6) is 0 Å². The highest BCUT2D eigenvalue weighted by atomic mass is 16.5. The maximum atomic E-state index is 12.2. The van der Waals surface area contributed by atoms with Gasteiger partial charge in [-0.1, -0.05) is 30.3 Å². The molecule has 4 heteroatoms. The van der Waals surface area contributed by atoms with Gasteiger partial charge in [0.25, 0.3) is 0 Å². The average Bonchev–Trinajstić information content (AvgIpc) is 2.38. The number of nitrogens with one attached hydrogen (secondary N) is 1. The molecule has 0 radical (unpaired) electrons. The Morgan fingerprint density at radius 1 is 1.22 bits per heavy atom. The summed E-state index contributed by atoms with van der Waals surface area (Å²) in [6, 6.07) is 8.80. The van der Waals surface area contributed by atoms with E-state index in [0.29, 0.717) is 0 Å². The Morgan fingerprint density at radius 3 is 2.28 bits per heavy atom. The van der Waals surface area contributed by atoms with E-state index in [-0.39, 0.29) is 5.91 Å². The highest BCUT2D eigenvalue weighted by Gasteiger charge is 2.31. The van der Waals surface area contributed by atoms with Crippen molar-refractivity contribution in [2.24, 2.45) is 0 Å². The number of amides is 1. The molecule has 1 atom stereocenters. The Bertz CT molecular complexity index is 426. The first kappa shape index (κ1) is 14.2. The van der Waals surface area contributed by atoms with E-state index < -0.39 is 17.4 Å². The molecule has 0 saturated carbocycles. The summed E-state index contributed by atoms with van der Waals surface area (Å²) in [5.41, 5.74) is 0.211. The molecule has 4 nitrogen and oxygen atoms in total. The standard InChI is InChI=1S/C14H19NO3/c1-10(12(16)18-4)15-13(17)14(2,3)11-8-6-5-7-9-11/h5-10H,1-4H3,(H,15,17). The predicted molar refractivity (Wildman–Crippen MR) is 69.1 cm³/mol. The molecule has 98 valence electrons. The van der Waals surface area contributed by atoms with Gasteiger partial charge in [0.2, 0.25) is 5.91 Å². The molecule has 0 aromatic heterocycles. The largest absolute Gasteiger partial charge is 0.467 e. The summed E-state index contributed by atoms with van der Waals surface area (Å²) in [5.74, 6) is -0.654. The second kappa shape index (κ2) is 5.67. The minimum Gasteiger partial charge on any atom is -0.467 e. The maximum absolute atomic E-state index is 12.2. The number of carbonyl (C=O) groups is 2. The Balaban J connectivity index is 2.80. The van der Waals surface area contributed by atoms with E-state index in [2.05, 4.69) is 10.1 Å². The zero-order valence-corrected chi connectivity index (χ0v) is 11.2. The molecule has 18 heavy (non-hydrogen) atoms. The van der Waals surface area contributed by atoms with Gasteiger partial charge in [0.05, 0.1) is 12.5 Å². The molecular weight excluding hydrogens is 230 g/mol. The van der Waals surface area contributed by atoms with Gasteiger partial charge in [-0.05, 0) is 26.3 Å². The molecule has 0 fully saturated rings. The molecule has 1 aromatic carbocycles. The third-order valence-corrected chi connectivity index (χ3v) is 2.97. The van der Waals surface area contributed by atoms with Crippen LogP contribution in [0.1, 0.15) is 26.3 Å². The van der Waals surface area contributed by atoms with Crippen molar-refractivity contribution in [1.29, 1.82) is 0 Å². The van der Waals surface area contributed by atoms with Crippen molar-refractivity contribution < 1.29 is 14.3 Å². The van der Waals surface area contributed by atoms with Crippen LogP contribution < -0.4 is 5.32 Å². The van der Waals surface area contributed by atoms with E-state index >= 15 is 0 Å². The van der Waals surface area contributed by atoms with Crippen molar-refractivity contribution in [3.63, 3.8) is 0 Å². The normalized spacial score (nSPS) is 12.7. The molecule has 1 rings (SSSR count). The number of hydrogen-bond acceptors (Lipinski definition) is 3. The van der Waals surface area contributed by atoms with E-state index in [1.165, 1.54) is 7.11 Å². The molecule has 0 aliphatic carbocycles. The fourth-order valence-electron chi connectivity index (χ4n) is 1.60. The van der Waals surface area contributed by atoms with Crippen LogP contribution >= 0.6 is 0 Å². The number of rotatable bonds is 4. The van der Waals surface area contributed by atoms with Crippen LogP contribution in [-0.4, -0.2) is 25.0 Å². The summed E-state index contributed by atoms with van der Waals surface area (Å²) in [6.45, 7) is 5.24. The quantitative estimate of drug-likeness (QED) is 0.825. The smallest absolute Gasteiger partial charge is 0.328 e. The summed E-state index contributed by atoms with van der Waals surface area (Å²) in [5, 5.41) is 2.66. The van der Waals surface area contributed by atoms with Crippen LogP contribution in [-0.2, 0) is 19.7 Å². The highest BCUT2D eigenvalue weighted by molar-refractivity contribution is 5.91. The Hall–Kier alpha value is -1.84. The molecule has 0 spiro atoms. The summed E-state index contributed by atoms with van der Waals surface area (Å²) < 4.78 is 4.58. The van der Waals surface area contributed by atoms with E-state index in [4.69, 9.17) is 0 Å². The van der Waals surface area contributed by atoms with Gasteiger partial charge < -0.3 is 10.1 Å². The van der Waals surface area contributed by atoms with Crippen LogP contribution in [0.4, 0.5) is 0 Å².